The summed E-state index contributed by atoms with van der Waals surface area (Å²) in [6.07, 6.45) is 2.51. The van der Waals surface area contributed by atoms with E-state index in [4.69, 9.17) is 4.42 Å². The van der Waals surface area contributed by atoms with Crippen molar-refractivity contribution >= 4 is 38.6 Å². The van der Waals surface area contributed by atoms with Crippen molar-refractivity contribution in [3.05, 3.63) is 82.4 Å². The quantitative estimate of drug-likeness (QED) is 0.277. The van der Waals surface area contributed by atoms with Crippen LogP contribution in [-0.2, 0) is 21.3 Å². The molecule has 12 heteroatoms. The molecule has 0 atom stereocenters. The number of hydrogen-bond donors (Lipinski definition) is 2. The minimum atomic E-state index is -4.03. The molecule has 4 aromatic rings. The van der Waals surface area contributed by atoms with E-state index in [0.717, 1.165) is 42.6 Å². The Bertz CT molecular complexity index is 1800. The van der Waals surface area contributed by atoms with Crippen LogP contribution in [0.15, 0.2) is 52.9 Å². The van der Waals surface area contributed by atoms with Crippen LogP contribution in [0, 0.1) is 11.6 Å². The fourth-order valence-electron chi connectivity index (χ4n) is 4.78. The molecule has 2 N–H and O–H groups in total. The van der Waals surface area contributed by atoms with E-state index in [1.54, 1.807) is 6.07 Å². The Morgan fingerprint density at radius 2 is 1.80 bits per heavy atom. The molecule has 0 aliphatic heterocycles. The maximum atomic E-state index is 15.0. The molecule has 1 fully saturated rings. The summed E-state index contributed by atoms with van der Waals surface area (Å²) in [4.78, 5) is 25.1. The number of nitrogens with zero attached hydrogens (tertiary/aromatic N) is 1. The summed E-state index contributed by atoms with van der Waals surface area (Å²) in [5, 5.41) is 13.1. The van der Waals surface area contributed by atoms with Crippen molar-refractivity contribution in [3.8, 4) is 17.1 Å². The summed E-state index contributed by atoms with van der Waals surface area (Å²) < 4.78 is 66.6. The Balaban J connectivity index is 1.71. The number of nitrogens with one attached hydrogen (secondary N) is 1. The standard InChI is InChI=1S/C29H26F2N2O7S/c1-32-28(35)26-21-11-19(15-4-5-15)23(13-25(21)40-27(26)16-6-8-18(30)9-7-16)33(41(3,37)38)14-17-10-20(29(36)39-2)24(34)12-22(17)31/h6-13,15,34H,4-5,14H2,1-3H3,(H,32,35). The second-order valence-corrected chi connectivity index (χ2v) is 11.7. The van der Waals surface area contributed by atoms with Crippen LogP contribution in [0.5, 0.6) is 5.75 Å². The van der Waals surface area contributed by atoms with Gasteiger partial charge in [-0.1, -0.05) is 0 Å². The summed E-state index contributed by atoms with van der Waals surface area (Å²) >= 11 is 0. The van der Waals surface area contributed by atoms with Gasteiger partial charge in [0.05, 0.1) is 31.2 Å². The zero-order valence-corrected chi connectivity index (χ0v) is 23.1. The smallest absolute Gasteiger partial charge is 0.341 e. The first-order valence-electron chi connectivity index (χ1n) is 12.6. The van der Waals surface area contributed by atoms with Crippen LogP contribution >= 0.6 is 0 Å². The third kappa shape index (κ3) is 5.34. The second-order valence-electron chi connectivity index (χ2n) is 9.80. The van der Waals surface area contributed by atoms with Crippen LogP contribution in [0.25, 0.3) is 22.3 Å². The molecule has 5 rings (SSSR count). The van der Waals surface area contributed by atoms with Gasteiger partial charge in [-0.2, -0.15) is 0 Å². The monoisotopic (exact) mass is 584 g/mol. The number of amides is 1. The largest absolute Gasteiger partial charge is 0.507 e. The Kier molecular flexibility index (Phi) is 7.20. The van der Waals surface area contributed by atoms with Crippen molar-refractivity contribution in [1.82, 2.24) is 5.32 Å². The summed E-state index contributed by atoms with van der Waals surface area (Å²) in [6, 6.07) is 10.4. The van der Waals surface area contributed by atoms with Gasteiger partial charge in [-0.15, -0.1) is 0 Å². The topological polar surface area (TPSA) is 126 Å². The molecule has 3 aromatic carbocycles. The first-order chi connectivity index (χ1) is 19.4. The number of ether oxygens (including phenoxy) is 1. The molecule has 0 bridgehead atoms. The van der Waals surface area contributed by atoms with Crippen molar-refractivity contribution in [2.24, 2.45) is 0 Å². The zero-order chi connectivity index (χ0) is 29.6. The van der Waals surface area contributed by atoms with Crippen molar-refractivity contribution in [1.29, 1.82) is 0 Å². The van der Waals surface area contributed by atoms with Gasteiger partial charge in [-0.05, 0) is 60.7 Å². The molecular weight excluding hydrogens is 558 g/mol. The number of rotatable bonds is 8. The van der Waals surface area contributed by atoms with Gasteiger partial charge in [0.25, 0.3) is 5.91 Å². The number of methoxy groups -OCH3 is 1. The number of esters is 1. The number of sulfonamides is 1. The molecule has 1 saturated carbocycles. The van der Waals surface area contributed by atoms with E-state index in [1.165, 1.54) is 37.4 Å². The molecule has 1 amide bonds. The van der Waals surface area contributed by atoms with Crippen molar-refractivity contribution in [2.75, 3.05) is 24.7 Å². The third-order valence-electron chi connectivity index (χ3n) is 6.97. The Morgan fingerprint density at radius 1 is 1.12 bits per heavy atom. The van der Waals surface area contributed by atoms with E-state index < -0.39 is 45.8 Å². The highest BCUT2D eigenvalue weighted by atomic mass is 32.2. The fourth-order valence-corrected chi connectivity index (χ4v) is 5.67. The highest BCUT2D eigenvalue weighted by molar-refractivity contribution is 7.92. The molecule has 41 heavy (non-hydrogen) atoms. The lowest BCUT2D eigenvalue weighted by molar-refractivity contribution is 0.0597. The van der Waals surface area contributed by atoms with Gasteiger partial charge >= 0.3 is 5.97 Å². The summed E-state index contributed by atoms with van der Waals surface area (Å²) in [5.74, 6) is -3.23. The number of carbonyl (C=O) groups excluding carboxylic acids is 2. The Labute approximate surface area is 234 Å². The number of carbonyl (C=O) groups is 2. The molecular formula is C29H26F2N2O7S. The summed E-state index contributed by atoms with van der Waals surface area (Å²) in [6.45, 7) is -0.506. The van der Waals surface area contributed by atoms with Crippen LogP contribution < -0.4 is 9.62 Å². The number of aromatic hydroxyl groups is 1. The van der Waals surface area contributed by atoms with Gasteiger partial charge in [0.1, 0.15) is 34.3 Å². The summed E-state index contributed by atoms with van der Waals surface area (Å²) in [5.41, 5.74) is 1.19. The van der Waals surface area contributed by atoms with E-state index in [2.05, 4.69) is 10.1 Å². The third-order valence-corrected chi connectivity index (χ3v) is 8.09. The number of fused-ring (bicyclic) bond motifs is 1. The van der Waals surface area contributed by atoms with Crippen molar-refractivity contribution < 1.29 is 41.0 Å². The number of phenolic OH excluding ortho intramolecular Hbond substituents is 1. The van der Waals surface area contributed by atoms with Gasteiger partial charge in [-0.25, -0.2) is 22.0 Å². The lowest BCUT2D eigenvalue weighted by atomic mass is 10.00. The highest BCUT2D eigenvalue weighted by Crippen LogP contribution is 2.48. The Hall–Kier alpha value is -4.45. The first-order valence-corrected chi connectivity index (χ1v) is 14.4. The van der Waals surface area contributed by atoms with Gasteiger partial charge in [0.2, 0.25) is 10.0 Å². The van der Waals surface area contributed by atoms with Crippen LogP contribution in [0.4, 0.5) is 14.5 Å². The molecule has 0 saturated heterocycles. The van der Waals surface area contributed by atoms with Crippen LogP contribution in [0.3, 0.4) is 0 Å². The molecule has 1 aromatic heterocycles. The summed E-state index contributed by atoms with van der Waals surface area (Å²) in [7, 11) is -1.47. The lowest BCUT2D eigenvalue weighted by Gasteiger charge is -2.26. The number of phenols is 1. The maximum absolute atomic E-state index is 15.0. The zero-order valence-electron chi connectivity index (χ0n) is 22.3. The molecule has 1 aliphatic carbocycles. The Morgan fingerprint density at radius 3 is 2.39 bits per heavy atom. The van der Waals surface area contributed by atoms with Crippen LogP contribution in [0.1, 0.15) is 50.6 Å². The van der Waals surface area contributed by atoms with Gasteiger partial charge in [0, 0.05) is 35.7 Å². The van der Waals surface area contributed by atoms with E-state index >= 15 is 0 Å². The van der Waals surface area contributed by atoms with Gasteiger partial charge < -0.3 is 19.6 Å². The molecule has 0 unspecified atom stereocenters. The molecule has 214 valence electrons. The number of halogens is 2. The average Bonchev–Trinajstić information content (AvgIpc) is 3.71. The normalized spacial score (nSPS) is 13.3. The lowest BCUT2D eigenvalue weighted by Crippen LogP contribution is -2.30. The van der Waals surface area contributed by atoms with E-state index in [0.29, 0.717) is 16.5 Å². The molecule has 0 radical (unpaired) electrons. The predicted molar refractivity (Wildman–Crippen MR) is 147 cm³/mol. The number of hydrogen-bond acceptors (Lipinski definition) is 7. The first kappa shape index (κ1) is 28.1. The van der Waals surface area contributed by atoms with Crippen LogP contribution in [-0.4, -0.2) is 45.8 Å². The molecule has 0 spiro atoms. The highest BCUT2D eigenvalue weighted by Gasteiger charge is 2.34. The minimum Gasteiger partial charge on any atom is -0.507 e. The van der Waals surface area contributed by atoms with Crippen molar-refractivity contribution in [2.45, 2.75) is 25.3 Å². The number of benzene rings is 3. The predicted octanol–water partition coefficient (Wildman–Crippen LogP) is 5.07. The fraction of sp³-hybridized carbons (Fsp3) is 0.241. The molecule has 9 nitrogen and oxygen atoms in total. The van der Waals surface area contributed by atoms with Crippen molar-refractivity contribution in [3.63, 3.8) is 0 Å². The maximum Gasteiger partial charge on any atom is 0.341 e. The van der Waals surface area contributed by atoms with E-state index in [1.807, 2.05) is 0 Å². The van der Waals surface area contributed by atoms with E-state index in [9.17, 15) is 31.9 Å². The average molecular weight is 585 g/mol. The molecule has 1 aliphatic rings. The number of anilines is 1. The van der Waals surface area contributed by atoms with Gasteiger partial charge in [0.15, 0.2) is 0 Å². The molecule has 1 heterocycles. The van der Waals surface area contributed by atoms with Gasteiger partial charge in [-0.3, -0.25) is 9.10 Å². The second kappa shape index (κ2) is 10.5. The SMILES string of the molecule is CNC(=O)c1c(-c2ccc(F)cc2)oc2cc(N(Cc3cc(C(=O)OC)c(O)cc3F)S(C)(=O)=O)c(C3CC3)cc12. The van der Waals surface area contributed by atoms with E-state index in [-0.39, 0.29) is 39.6 Å². The van der Waals surface area contributed by atoms with Crippen LogP contribution in [0.2, 0.25) is 0 Å². The minimum absolute atomic E-state index is 0.0179. The number of furan rings is 1.